The van der Waals surface area contributed by atoms with Gasteiger partial charge in [0.25, 0.3) is 0 Å². The van der Waals surface area contributed by atoms with Crippen molar-refractivity contribution < 1.29 is 4.74 Å². The molecule has 0 aliphatic heterocycles. The van der Waals surface area contributed by atoms with Crippen molar-refractivity contribution >= 4 is 57.2 Å². The Morgan fingerprint density at radius 3 is 2.88 bits per heavy atom. The van der Waals surface area contributed by atoms with Crippen molar-refractivity contribution in [2.45, 2.75) is 20.3 Å². The largest absolute Gasteiger partial charge is 0.492 e. The van der Waals surface area contributed by atoms with Crippen LogP contribution in [0.2, 0.25) is 0 Å². The Labute approximate surface area is 178 Å². The van der Waals surface area contributed by atoms with Gasteiger partial charge in [-0.2, -0.15) is 0 Å². The van der Waals surface area contributed by atoms with Crippen LogP contribution in [-0.2, 0) is 6.42 Å². The average molecular weight is 539 g/mol. The van der Waals surface area contributed by atoms with Crippen molar-refractivity contribution in [2.24, 2.45) is 4.99 Å². The molecule has 0 aliphatic rings. The van der Waals surface area contributed by atoms with Gasteiger partial charge in [-0.05, 0) is 32.0 Å². The first-order chi connectivity index (χ1) is 11.7. The maximum Gasteiger partial charge on any atom is 0.191 e. The van der Waals surface area contributed by atoms with Crippen LogP contribution in [0.25, 0.3) is 0 Å². The number of hydrogen-bond acceptors (Lipinski definition) is 4. The number of halogens is 2. The molecule has 1 aromatic heterocycles. The fraction of sp³-hybridized carbons (Fsp3) is 0.412. The topological polar surface area (TPSA) is 58.5 Å². The molecule has 2 N–H and O–H groups in total. The average Bonchev–Trinajstić information content (AvgIpc) is 2.97. The Morgan fingerprint density at radius 1 is 1.36 bits per heavy atom. The summed E-state index contributed by atoms with van der Waals surface area (Å²) < 4.78 is 6.72. The third-order valence-corrected chi connectivity index (χ3v) is 4.42. The Kier molecular flexibility index (Phi) is 11.1. The second-order valence-corrected chi connectivity index (χ2v) is 7.08. The Hall–Kier alpha value is -0.870. The molecule has 0 bridgehead atoms. The van der Waals surface area contributed by atoms with Gasteiger partial charge < -0.3 is 15.4 Å². The molecule has 0 spiro atoms. The molecule has 25 heavy (non-hydrogen) atoms. The first-order valence-corrected chi connectivity index (χ1v) is 9.66. The summed E-state index contributed by atoms with van der Waals surface area (Å²) in [6, 6.07) is 7.83. The van der Waals surface area contributed by atoms with Crippen LogP contribution in [0.3, 0.4) is 0 Å². The van der Waals surface area contributed by atoms with Crippen LogP contribution in [0.1, 0.15) is 17.6 Å². The molecule has 1 heterocycles. The Balaban J connectivity index is 0.00000312. The monoisotopic (exact) mass is 538 g/mol. The van der Waals surface area contributed by atoms with E-state index in [1.165, 1.54) is 0 Å². The highest BCUT2D eigenvalue weighted by atomic mass is 127. The fourth-order valence-electron chi connectivity index (χ4n) is 2.04. The lowest BCUT2D eigenvalue weighted by atomic mass is 10.3. The van der Waals surface area contributed by atoms with Crippen LogP contribution < -0.4 is 15.4 Å². The van der Waals surface area contributed by atoms with Crippen molar-refractivity contribution in [3.63, 3.8) is 0 Å². The number of aryl methyl sites for hydroxylation is 1. The number of thiazole rings is 1. The third kappa shape index (κ3) is 8.87. The quantitative estimate of drug-likeness (QED) is 0.231. The molecule has 0 radical (unpaired) electrons. The summed E-state index contributed by atoms with van der Waals surface area (Å²) in [5.41, 5.74) is 1.11. The van der Waals surface area contributed by atoms with Crippen molar-refractivity contribution in [1.29, 1.82) is 0 Å². The number of benzene rings is 1. The van der Waals surface area contributed by atoms with E-state index < -0.39 is 0 Å². The molecule has 8 heteroatoms. The maximum absolute atomic E-state index is 5.71. The van der Waals surface area contributed by atoms with Gasteiger partial charge in [0.2, 0.25) is 0 Å². The fourth-order valence-corrected chi connectivity index (χ4v) is 3.07. The summed E-state index contributed by atoms with van der Waals surface area (Å²) in [5.74, 6) is 1.66. The lowest BCUT2D eigenvalue weighted by Crippen LogP contribution is -2.39. The van der Waals surface area contributed by atoms with E-state index >= 15 is 0 Å². The summed E-state index contributed by atoms with van der Waals surface area (Å²) in [6.07, 6.45) is 0.857. The maximum atomic E-state index is 5.71. The van der Waals surface area contributed by atoms with Gasteiger partial charge in [0, 0.05) is 29.4 Å². The summed E-state index contributed by atoms with van der Waals surface area (Å²) in [4.78, 5) is 9.03. The van der Waals surface area contributed by atoms with Crippen LogP contribution in [0, 0.1) is 6.92 Å². The van der Waals surface area contributed by atoms with E-state index in [-0.39, 0.29) is 24.0 Å². The molecule has 2 rings (SSSR count). The van der Waals surface area contributed by atoms with Crippen LogP contribution in [0.5, 0.6) is 5.75 Å². The lowest BCUT2D eigenvalue weighted by molar-refractivity contribution is 0.321. The minimum Gasteiger partial charge on any atom is -0.492 e. The lowest BCUT2D eigenvalue weighted by Gasteiger charge is -2.12. The van der Waals surface area contributed by atoms with Gasteiger partial charge in [-0.1, -0.05) is 22.0 Å². The standard InChI is InChI=1S/C17H23BrN4OS.HI/c1-3-19-17(20-8-7-15-12-24-13(2)22-15)21-9-10-23-16-6-4-5-14(18)11-16;/h4-6,11-12H,3,7-10H2,1-2H3,(H2,19,20,21);1H. The molecule has 0 fully saturated rings. The number of guanidine groups is 1. The smallest absolute Gasteiger partial charge is 0.191 e. The van der Waals surface area contributed by atoms with E-state index in [1.54, 1.807) is 11.3 Å². The highest BCUT2D eigenvalue weighted by Gasteiger charge is 2.00. The third-order valence-electron chi connectivity index (χ3n) is 3.11. The molecular formula is C17H24BrIN4OS. The van der Waals surface area contributed by atoms with Gasteiger partial charge in [-0.3, -0.25) is 4.99 Å². The second kappa shape index (κ2) is 12.5. The highest BCUT2D eigenvalue weighted by Crippen LogP contribution is 2.17. The predicted molar refractivity (Wildman–Crippen MR) is 120 cm³/mol. The van der Waals surface area contributed by atoms with E-state index in [0.717, 1.165) is 39.8 Å². The number of rotatable bonds is 8. The van der Waals surface area contributed by atoms with Gasteiger partial charge in [0.15, 0.2) is 5.96 Å². The second-order valence-electron chi connectivity index (χ2n) is 5.10. The van der Waals surface area contributed by atoms with Crippen LogP contribution in [0.15, 0.2) is 39.1 Å². The Morgan fingerprint density at radius 2 is 2.20 bits per heavy atom. The summed E-state index contributed by atoms with van der Waals surface area (Å²) in [6.45, 7) is 6.88. The van der Waals surface area contributed by atoms with Crippen LogP contribution in [-0.4, -0.2) is 37.2 Å². The van der Waals surface area contributed by atoms with Crippen molar-refractivity contribution in [2.75, 3.05) is 26.2 Å². The summed E-state index contributed by atoms with van der Waals surface area (Å²) in [5, 5.41) is 9.72. The minimum atomic E-state index is 0. The molecule has 0 atom stereocenters. The molecule has 1 aromatic carbocycles. The number of hydrogen-bond donors (Lipinski definition) is 2. The molecular weight excluding hydrogens is 515 g/mol. The predicted octanol–water partition coefficient (Wildman–Crippen LogP) is 4.01. The molecule has 0 saturated carbocycles. The molecule has 0 unspecified atom stereocenters. The number of aromatic nitrogens is 1. The van der Waals surface area contributed by atoms with E-state index in [0.29, 0.717) is 19.7 Å². The summed E-state index contributed by atoms with van der Waals surface area (Å²) >= 11 is 5.11. The molecule has 5 nitrogen and oxygen atoms in total. The van der Waals surface area contributed by atoms with Gasteiger partial charge >= 0.3 is 0 Å². The SMILES string of the molecule is CCNC(=NCCc1csc(C)n1)NCCOc1cccc(Br)c1.I. The molecule has 0 amide bonds. The number of nitrogens with zero attached hydrogens (tertiary/aromatic N) is 2. The van der Waals surface area contributed by atoms with Crippen LogP contribution in [0.4, 0.5) is 0 Å². The zero-order valence-electron chi connectivity index (χ0n) is 14.4. The zero-order valence-corrected chi connectivity index (χ0v) is 19.2. The van der Waals surface area contributed by atoms with Crippen molar-refractivity contribution in [1.82, 2.24) is 15.6 Å². The molecule has 0 saturated heterocycles. The normalized spacial score (nSPS) is 10.9. The molecule has 2 aromatic rings. The zero-order chi connectivity index (χ0) is 17.2. The molecule has 0 aliphatic carbocycles. The Bertz CT molecular complexity index is 666. The van der Waals surface area contributed by atoms with Gasteiger partial charge in [-0.15, -0.1) is 35.3 Å². The van der Waals surface area contributed by atoms with Gasteiger partial charge in [0.1, 0.15) is 12.4 Å². The molecule has 138 valence electrons. The highest BCUT2D eigenvalue weighted by molar-refractivity contribution is 14.0. The van der Waals surface area contributed by atoms with Crippen molar-refractivity contribution in [3.05, 3.63) is 44.8 Å². The van der Waals surface area contributed by atoms with E-state index in [9.17, 15) is 0 Å². The van der Waals surface area contributed by atoms with Crippen molar-refractivity contribution in [3.8, 4) is 5.75 Å². The number of ether oxygens (including phenoxy) is 1. The first-order valence-electron chi connectivity index (χ1n) is 7.99. The first kappa shape index (κ1) is 22.2. The van der Waals surface area contributed by atoms with Gasteiger partial charge in [0.05, 0.1) is 17.2 Å². The van der Waals surface area contributed by atoms with Crippen LogP contribution >= 0.6 is 51.2 Å². The summed E-state index contributed by atoms with van der Waals surface area (Å²) in [7, 11) is 0. The van der Waals surface area contributed by atoms with E-state index in [4.69, 9.17) is 4.74 Å². The number of nitrogens with one attached hydrogen (secondary N) is 2. The van der Waals surface area contributed by atoms with Gasteiger partial charge in [-0.25, -0.2) is 4.98 Å². The van der Waals surface area contributed by atoms with E-state index in [2.05, 4.69) is 48.8 Å². The minimum absolute atomic E-state index is 0. The number of aliphatic imine (C=N–C) groups is 1. The van der Waals surface area contributed by atoms with E-state index in [1.807, 2.05) is 31.2 Å².